The van der Waals surface area contributed by atoms with Crippen LogP contribution in [0.4, 0.5) is 0 Å². The van der Waals surface area contributed by atoms with Gasteiger partial charge in [0.15, 0.2) is 0 Å². The molecule has 4 heteroatoms. The van der Waals surface area contributed by atoms with Crippen molar-refractivity contribution in [3.8, 4) is 11.5 Å². The summed E-state index contributed by atoms with van der Waals surface area (Å²) in [5.41, 5.74) is 1.72. The molecule has 0 saturated heterocycles. The van der Waals surface area contributed by atoms with Gasteiger partial charge in [0.2, 0.25) is 0 Å². The Balaban J connectivity index is 2.62. The molecule has 4 nitrogen and oxygen atoms in total. The number of hydrogen-bond donors (Lipinski definition) is 0. The second-order valence-electron chi connectivity index (χ2n) is 5.13. The van der Waals surface area contributed by atoms with Gasteiger partial charge in [-0.1, -0.05) is 13.8 Å². The van der Waals surface area contributed by atoms with Crippen LogP contribution in [0.2, 0.25) is 0 Å². The van der Waals surface area contributed by atoms with E-state index < -0.39 is 0 Å². The van der Waals surface area contributed by atoms with Crippen molar-refractivity contribution in [3.63, 3.8) is 0 Å². The zero-order valence-corrected chi connectivity index (χ0v) is 13.1. The summed E-state index contributed by atoms with van der Waals surface area (Å²) in [6.07, 6.45) is 1.83. The summed E-state index contributed by atoms with van der Waals surface area (Å²) in [4.78, 5) is 11.9. The van der Waals surface area contributed by atoms with Gasteiger partial charge < -0.3 is 13.9 Å². The standard InChI is InChI=1S/C17H22O4/c1-5-7-19-13-9-14(20-8-6-2)16-11(3)12(4)17(18)21-15(16)10-13/h9-10H,5-8H2,1-4H3. The van der Waals surface area contributed by atoms with Crippen LogP contribution in [0.3, 0.4) is 0 Å². The molecular weight excluding hydrogens is 268 g/mol. The summed E-state index contributed by atoms with van der Waals surface area (Å²) in [5, 5.41) is 0.851. The Morgan fingerprint density at radius 1 is 1.00 bits per heavy atom. The molecule has 2 aromatic rings. The maximum Gasteiger partial charge on any atom is 0.339 e. The Hall–Kier alpha value is -1.97. The zero-order valence-electron chi connectivity index (χ0n) is 13.1. The minimum atomic E-state index is -0.311. The third kappa shape index (κ3) is 3.20. The maximum atomic E-state index is 11.9. The summed E-state index contributed by atoms with van der Waals surface area (Å²) in [6, 6.07) is 3.64. The monoisotopic (exact) mass is 290 g/mol. The highest BCUT2D eigenvalue weighted by Crippen LogP contribution is 2.34. The smallest absolute Gasteiger partial charge is 0.339 e. The normalized spacial score (nSPS) is 10.9. The summed E-state index contributed by atoms with van der Waals surface area (Å²) >= 11 is 0. The van der Waals surface area contributed by atoms with Gasteiger partial charge in [-0.3, -0.25) is 0 Å². The molecule has 0 aliphatic carbocycles. The van der Waals surface area contributed by atoms with Crippen molar-refractivity contribution in [2.45, 2.75) is 40.5 Å². The lowest BCUT2D eigenvalue weighted by Crippen LogP contribution is -2.07. The average molecular weight is 290 g/mol. The number of benzene rings is 1. The molecule has 0 bridgehead atoms. The highest BCUT2D eigenvalue weighted by Gasteiger charge is 2.14. The number of rotatable bonds is 6. The van der Waals surface area contributed by atoms with Gasteiger partial charge in [-0.2, -0.15) is 0 Å². The molecule has 0 spiro atoms. The molecule has 0 fully saturated rings. The first-order chi connectivity index (χ1) is 10.1. The molecule has 114 valence electrons. The van der Waals surface area contributed by atoms with E-state index in [9.17, 15) is 4.79 Å². The number of fused-ring (bicyclic) bond motifs is 1. The van der Waals surface area contributed by atoms with Gasteiger partial charge in [0.1, 0.15) is 17.1 Å². The summed E-state index contributed by atoms with van der Waals surface area (Å²) in [7, 11) is 0. The highest BCUT2D eigenvalue weighted by atomic mass is 16.5. The van der Waals surface area contributed by atoms with Gasteiger partial charge >= 0.3 is 5.63 Å². The second kappa shape index (κ2) is 6.66. The van der Waals surface area contributed by atoms with Crippen LogP contribution >= 0.6 is 0 Å². The molecule has 0 radical (unpaired) electrons. The van der Waals surface area contributed by atoms with Gasteiger partial charge in [0, 0.05) is 17.7 Å². The van der Waals surface area contributed by atoms with E-state index in [4.69, 9.17) is 13.9 Å². The van der Waals surface area contributed by atoms with Crippen LogP contribution in [0, 0.1) is 13.8 Å². The quantitative estimate of drug-likeness (QED) is 0.755. The van der Waals surface area contributed by atoms with E-state index in [0.717, 1.165) is 23.8 Å². The molecule has 1 heterocycles. The first kappa shape index (κ1) is 15.4. The first-order valence-corrected chi connectivity index (χ1v) is 7.42. The summed E-state index contributed by atoms with van der Waals surface area (Å²) in [5.74, 6) is 1.38. The number of ether oxygens (including phenoxy) is 2. The van der Waals surface area contributed by atoms with E-state index in [1.54, 1.807) is 13.0 Å². The lowest BCUT2D eigenvalue weighted by atomic mass is 10.1. The molecule has 0 aliphatic heterocycles. The van der Waals surface area contributed by atoms with Crippen molar-refractivity contribution in [3.05, 3.63) is 33.7 Å². The van der Waals surface area contributed by atoms with Gasteiger partial charge in [-0.15, -0.1) is 0 Å². The van der Waals surface area contributed by atoms with E-state index >= 15 is 0 Å². The molecule has 21 heavy (non-hydrogen) atoms. The molecule has 1 aromatic heterocycles. The lowest BCUT2D eigenvalue weighted by Gasteiger charge is -2.13. The fourth-order valence-corrected chi connectivity index (χ4v) is 2.16. The van der Waals surface area contributed by atoms with Gasteiger partial charge in [-0.05, 0) is 32.3 Å². The van der Waals surface area contributed by atoms with Crippen molar-refractivity contribution < 1.29 is 13.9 Å². The van der Waals surface area contributed by atoms with Gasteiger partial charge in [-0.25, -0.2) is 4.79 Å². The van der Waals surface area contributed by atoms with Crippen LogP contribution in [0.1, 0.15) is 37.8 Å². The molecular formula is C17H22O4. The molecule has 0 N–H and O–H groups in total. The van der Waals surface area contributed by atoms with Crippen LogP contribution < -0.4 is 15.1 Å². The molecule has 0 amide bonds. The molecule has 0 aliphatic rings. The topological polar surface area (TPSA) is 48.7 Å². The molecule has 0 unspecified atom stereocenters. The predicted molar refractivity (Wildman–Crippen MR) is 83.5 cm³/mol. The second-order valence-corrected chi connectivity index (χ2v) is 5.13. The minimum Gasteiger partial charge on any atom is -0.493 e. The number of hydrogen-bond acceptors (Lipinski definition) is 4. The summed E-state index contributed by atoms with van der Waals surface area (Å²) < 4.78 is 16.9. The molecule has 1 aromatic carbocycles. The van der Waals surface area contributed by atoms with Gasteiger partial charge in [0.25, 0.3) is 0 Å². The Morgan fingerprint density at radius 2 is 1.67 bits per heavy atom. The van der Waals surface area contributed by atoms with Crippen LogP contribution in [0.25, 0.3) is 11.0 Å². The van der Waals surface area contributed by atoms with E-state index in [1.165, 1.54) is 0 Å². The predicted octanol–water partition coefficient (Wildman–Crippen LogP) is 3.99. The van der Waals surface area contributed by atoms with Crippen LogP contribution in [-0.4, -0.2) is 13.2 Å². The minimum absolute atomic E-state index is 0.311. The van der Waals surface area contributed by atoms with Crippen molar-refractivity contribution in [1.82, 2.24) is 0 Å². The molecule has 0 saturated carbocycles. The first-order valence-electron chi connectivity index (χ1n) is 7.42. The SMILES string of the molecule is CCCOc1cc(OCCC)c2c(C)c(C)c(=O)oc2c1. The fourth-order valence-electron chi connectivity index (χ4n) is 2.16. The van der Waals surface area contributed by atoms with Crippen molar-refractivity contribution >= 4 is 11.0 Å². The zero-order chi connectivity index (χ0) is 15.4. The largest absolute Gasteiger partial charge is 0.493 e. The Morgan fingerprint density at radius 3 is 2.33 bits per heavy atom. The van der Waals surface area contributed by atoms with Crippen LogP contribution in [-0.2, 0) is 0 Å². The third-order valence-electron chi connectivity index (χ3n) is 3.42. The summed E-state index contributed by atoms with van der Waals surface area (Å²) in [6.45, 7) is 9.02. The van der Waals surface area contributed by atoms with E-state index in [-0.39, 0.29) is 5.63 Å². The molecule has 2 rings (SSSR count). The van der Waals surface area contributed by atoms with Gasteiger partial charge in [0.05, 0.1) is 18.6 Å². The van der Waals surface area contributed by atoms with Crippen molar-refractivity contribution in [2.75, 3.05) is 13.2 Å². The maximum absolute atomic E-state index is 11.9. The average Bonchev–Trinajstić information content (AvgIpc) is 2.48. The highest BCUT2D eigenvalue weighted by molar-refractivity contribution is 5.88. The Bertz CT molecular complexity index is 685. The number of aryl methyl sites for hydroxylation is 1. The van der Waals surface area contributed by atoms with E-state index in [2.05, 4.69) is 6.92 Å². The van der Waals surface area contributed by atoms with Crippen molar-refractivity contribution in [1.29, 1.82) is 0 Å². The fraction of sp³-hybridized carbons (Fsp3) is 0.471. The lowest BCUT2D eigenvalue weighted by molar-refractivity contribution is 0.303. The van der Waals surface area contributed by atoms with Crippen molar-refractivity contribution in [2.24, 2.45) is 0 Å². The van der Waals surface area contributed by atoms with Crippen LogP contribution in [0.15, 0.2) is 21.3 Å². The third-order valence-corrected chi connectivity index (χ3v) is 3.42. The Labute approximate surface area is 124 Å². The van der Waals surface area contributed by atoms with E-state index in [1.807, 2.05) is 19.9 Å². The Kier molecular flexibility index (Phi) is 4.89. The molecule has 0 atom stereocenters. The van der Waals surface area contributed by atoms with E-state index in [0.29, 0.717) is 35.9 Å². The van der Waals surface area contributed by atoms with Crippen LogP contribution in [0.5, 0.6) is 11.5 Å².